The number of amides is 3. The van der Waals surface area contributed by atoms with Crippen molar-refractivity contribution in [2.45, 2.75) is 6.92 Å². The first-order valence-electron chi connectivity index (χ1n) is 8.36. The summed E-state index contributed by atoms with van der Waals surface area (Å²) in [6.07, 6.45) is 0. The molecular weight excluding hydrogens is 371 g/mol. The number of hydrogen-bond donors (Lipinski definition) is 2. The molecule has 146 valence electrons. The second-order valence-electron chi connectivity index (χ2n) is 5.90. The molecule has 0 spiro atoms. The number of carbonyl (C=O) groups excluding carboxylic acids is 3. The van der Waals surface area contributed by atoms with Crippen molar-refractivity contribution in [3.05, 3.63) is 53.3 Å². The van der Waals surface area contributed by atoms with Crippen molar-refractivity contribution in [3.63, 3.8) is 0 Å². The number of anilines is 1. The molecule has 0 bridgehead atoms. The van der Waals surface area contributed by atoms with Crippen LogP contribution in [-0.2, 0) is 9.53 Å². The summed E-state index contributed by atoms with van der Waals surface area (Å²) in [7, 11) is 0. The first kappa shape index (κ1) is 19.2. The Morgan fingerprint density at radius 3 is 2.61 bits per heavy atom. The molecule has 0 saturated heterocycles. The maximum absolute atomic E-state index is 13.2. The van der Waals surface area contributed by atoms with E-state index in [1.54, 1.807) is 25.1 Å². The first-order chi connectivity index (χ1) is 13.4. The third kappa shape index (κ3) is 4.76. The number of benzene rings is 2. The molecular formula is C19H17FN2O6. The van der Waals surface area contributed by atoms with Crippen LogP contribution in [0.3, 0.4) is 0 Å². The van der Waals surface area contributed by atoms with Gasteiger partial charge in [0.2, 0.25) is 0 Å². The molecule has 9 heteroatoms. The van der Waals surface area contributed by atoms with Crippen LogP contribution >= 0.6 is 0 Å². The van der Waals surface area contributed by atoms with Crippen LogP contribution in [0.1, 0.15) is 15.9 Å². The number of esters is 1. The summed E-state index contributed by atoms with van der Waals surface area (Å²) >= 11 is 0. The number of imide groups is 1. The molecule has 0 atom stereocenters. The van der Waals surface area contributed by atoms with Gasteiger partial charge in [0.25, 0.3) is 5.91 Å². The lowest BCUT2D eigenvalue weighted by atomic mass is 10.1. The molecule has 0 unspecified atom stereocenters. The highest BCUT2D eigenvalue weighted by molar-refractivity contribution is 6.02. The SMILES string of the molecule is Cc1ccc(F)cc1C(=O)OCC(=O)NC(=O)Nc1ccc2c(c1)OCCO2. The Labute approximate surface area is 159 Å². The van der Waals surface area contributed by atoms with Gasteiger partial charge in [-0.2, -0.15) is 0 Å². The number of halogens is 1. The quantitative estimate of drug-likeness (QED) is 0.780. The van der Waals surface area contributed by atoms with E-state index in [9.17, 15) is 18.8 Å². The van der Waals surface area contributed by atoms with E-state index >= 15 is 0 Å². The maximum atomic E-state index is 13.2. The van der Waals surface area contributed by atoms with Gasteiger partial charge in [-0.3, -0.25) is 10.1 Å². The monoisotopic (exact) mass is 388 g/mol. The predicted octanol–water partition coefficient (Wildman–Crippen LogP) is 2.41. The van der Waals surface area contributed by atoms with Gasteiger partial charge in [-0.05, 0) is 36.8 Å². The average molecular weight is 388 g/mol. The van der Waals surface area contributed by atoms with E-state index in [-0.39, 0.29) is 5.56 Å². The normalized spacial score (nSPS) is 12.1. The van der Waals surface area contributed by atoms with E-state index in [0.29, 0.717) is 36.0 Å². The van der Waals surface area contributed by atoms with E-state index in [1.165, 1.54) is 12.1 Å². The van der Waals surface area contributed by atoms with Crippen molar-refractivity contribution in [2.24, 2.45) is 0 Å². The summed E-state index contributed by atoms with van der Waals surface area (Å²) in [5, 5.41) is 4.49. The molecule has 8 nitrogen and oxygen atoms in total. The molecule has 2 aromatic rings. The molecule has 3 rings (SSSR count). The smallest absolute Gasteiger partial charge is 0.339 e. The predicted molar refractivity (Wildman–Crippen MR) is 96.0 cm³/mol. The van der Waals surface area contributed by atoms with Crippen LogP contribution in [-0.4, -0.2) is 37.7 Å². The van der Waals surface area contributed by atoms with Gasteiger partial charge in [0, 0.05) is 11.8 Å². The van der Waals surface area contributed by atoms with Crippen molar-refractivity contribution in [1.82, 2.24) is 5.32 Å². The Bertz CT molecular complexity index is 931. The number of urea groups is 1. The van der Waals surface area contributed by atoms with E-state index in [1.807, 2.05) is 5.32 Å². The summed E-state index contributed by atoms with van der Waals surface area (Å²) in [6.45, 7) is 1.76. The molecule has 2 aromatic carbocycles. The first-order valence-corrected chi connectivity index (χ1v) is 8.36. The van der Waals surface area contributed by atoms with Crippen LogP contribution in [0.5, 0.6) is 11.5 Å². The van der Waals surface area contributed by atoms with Gasteiger partial charge in [-0.1, -0.05) is 6.07 Å². The molecule has 2 N–H and O–H groups in total. The third-order valence-electron chi connectivity index (χ3n) is 3.81. The van der Waals surface area contributed by atoms with Crippen molar-refractivity contribution in [2.75, 3.05) is 25.1 Å². The third-order valence-corrected chi connectivity index (χ3v) is 3.81. The van der Waals surface area contributed by atoms with Crippen LogP contribution in [0, 0.1) is 12.7 Å². The van der Waals surface area contributed by atoms with E-state index in [4.69, 9.17) is 14.2 Å². The highest BCUT2D eigenvalue weighted by Crippen LogP contribution is 2.32. The van der Waals surface area contributed by atoms with Gasteiger partial charge in [0.1, 0.15) is 19.0 Å². The van der Waals surface area contributed by atoms with E-state index in [0.717, 1.165) is 6.07 Å². The highest BCUT2D eigenvalue weighted by atomic mass is 19.1. The molecule has 1 aliphatic rings. The summed E-state index contributed by atoms with van der Waals surface area (Å²) in [6, 6.07) is 7.63. The summed E-state index contributed by atoms with van der Waals surface area (Å²) in [5.74, 6) is -1.25. The minimum Gasteiger partial charge on any atom is -0.486 e. The minimum absolute atomic E-state index is 0.00790. The number of aryl methyl sites for hydroxylation is 1. The molecule has 0 radical (unpaired) electrons. The lowest BCUT2D eigenvalue weighted by molar-refractivity contribution is -0.123. The van der Waals surface area contributed by atoms with Gasteiger partial charge in [-0.15, -0.1) is 0 Å². The Hall–Kier alpha value is -3.62. The molecule has 1 heterocycles. The topological polar surface area (TPSA) is 103 Å². The summed E-state index contributed by atoms with van der Waals surface area (Å²) < 4.78 is 28.8. The number of hydrogen-bond acceptors (Lipinski definition) is 6. The van der Waals surface area contributed by atoms with Crippen molar-refractivity contribution >= 4 is 23.6 Å². The van der Waals surface area contributed by atoms with E-state index in [2.05, 4.69) is 5.32 Å². The van der Waals surface area contributed by atoms with Gasteiger partial charge in [0.15, 0.2) is 18.1 Å². The Morgan fingerprint density at radius 1 is 1.07 bits per heavy atom. The van der Waals surface area contributed by atoms with Crippen molar-refractivity contribution < 1.29 is 33.0 Å². The van der Waals surface area contributed by atoms with Crippen LogP contribution in [0.15, 0.2) is 36.4 Å². The summed E-state index contributed by atoms with van der Waals surface area (Å²) in [5.41, 5.74) is 0.901. The Balaban J connectivity index is 1.50. The molecule has 28 heavy (non-hydrogen) atoms. The van der Waals surface area contributed by atoms with Crippen LogP contribution in [0.25, 0.3) is 0 Å². The van der Waals surface area contributed by atoms with E-state index < -0.39 is 30.3 Å². The second kappa shape index (κ2) is 8.38. The Kier molecular flexibility index (Phi) is 5.73. The minimum atomic E-state index is -0.862. The number of carbonyl (C=O) groups is 3. The van der Waals surface area contributed by atoms with Crippen molar-refractivity contribution in [3.8, 4) is 11.5 Å². The Morgan fingerprint density at radius 2 is 1.82 bits per heavy atom. The van der Waals surface area contributed by atoms with Gasteiger partial charge >= 0.3 is 12.0 Å². The molecule has 0 fully saturated rings. The second-order valence-corrected chi connectivity index (χ2v) is 5.90. The molecule has 3 amide bonds. The highest BCUT2D eigenvalue weighted by Gasteiger charge is 2.16. The van der Waals surface area contributed by atoms with Crippen LogP contribution < -0.4 is 20.1 Å². The number of nitrogens with one attached hydrogen (secondary N) is 2. The lowest BCUT2D eigenvalue weighted by Crippen LogP contribution is -2.37. The number of rotatable bonds is 4. The lowest BCUT2D eigenvalue weighted by Gasteiger charge is -2.19. The molecule has 0 saturated carbocycles. The average Bonchev–Trinajstić information content (AvgIpc) is 2.67. The zero-order chi connectivity index (χ0) is 20.1. The molecule has 0 aromatic heterocycles. The standard InChI is InChI=1S/C19H17FN2O6/c1-11-2-3-12(20)8-14(11)18(24)28-10-17(23)22-19(25)21-13-4-5-15-16(9-13)27-7-6-26-15/h2-5,8-9H,6-7,10H2,1H3,(H2,21,22,23,25). The number of fused-ring (bicyclic) bond motifs is 1. The zero-order valence-corrected chi connectivity index (χ0v) is 14.9. The molecule has 0 aliphatic carbocycles. The van der Waals surface area contributed by atoms with Gasteiger partial charge in [0.05, 0.1) is 5.56 Å². The molecule has 1 aliphatic heterocycles. The zero-order valence-electron chi connectivity index (χ0n) is 14.9. The van der Waals surface area contributed by atoms with Gasteiger partial charge in [-0.25, -0.2) is 14.0 Å². The summed E-state index contributed by atoms with van der Waals surface area (Å²) in [4.78, 5) is 35.6. The van der Waals surface area contributed by atoms with Crippen molar-refractivity contribution in [1.29, 1.82) is 0 Å². The fourth-order valence-corrected chi connectivity index (χ4v) is 2.47. The van der Waals surface area contributed by atoms with Crippen LogP contribution in [0.4, 0.5) is 14.9 Å². The number of ether oxygens (including phenoxy) is 3. The van der Waals surface area contributed by atoms with Gasteiger partial charge < -0.3 is 19.5 Å². The maximum Gasteiger partial charge on any atom is 0.339 e. The fraction of sp³-hybridized carbons (Fsp3) is 0.211. The van der Waals surface area contributed by atoms with Crippen LogP contribution in [0.2, 0.25) is 0 Å². The largest absolute Gasteiger partial charge is 0.486 e. The fourth-order valence-electron chi connectivity index (χ4n) is 2.47.